The highest BCUT2D eigenvalue weighted by molar-refractivity contribution is 6.29. The van der Waals surface area contributed by atoms with Gasteiger partial charge in [0.05, 0.1) is 6.04 Å². The van der Waals surface area contributed by atoms with Crippen molar-refractivity contribution in [3.63, 3.8) is 0 Å². The molecule has 0 saturated carbocycles. The molecule has 1 fully saturated rings. The highest BCUT2D eigenvalue weighted by Crippen LogP contribution is 2.17. The SMILES string of the molecule is Nc1ccc(CC(N)C(=O)N2CCN(c3cccc(Cl)n3)CC2)cc1. The summed E-state index contributed by atoms with van der Waals surface area (Å²) in [7, 11) is 0. The molecule has 1 aliphatic heterocycles. The summed E-state index contributed by atoms with van der Waals surface area (Å²) in [6.45, 7) is 2.69. The van der Waals surface area contributed by atoms with Crippen molar-refractivity contribution < 1.29 is 4.79 Å². The number of halogens is 1. The maximum absolute atomic E-state index is 12.6. The molecule has 0 radical (unpaired) electrons. The lowest BCUT2D eigenvalue weighted by molar-refractivity contribution is -0.132. The van der Waals surface area contributed by atoms with Crippen molar-refractivity contribution in [3.05, 3.63) is 53.2 Å². The van der Waals surface area contributed by atoms with Crippen molar-refractivity contribution in [1.29, 1.82) is 0 Å². The number of aromatic nitrogens is 1. The van der Waals surface area contributed by atoms with E-state index in [1.807, 2.05) is 41.3 Å². The van der Waals surface area contributed by atoms with Crippen LogP contribution in [0.2, 0.25) is 5.15 Å². The van der Waals surface area contributed by atoms with E-state index in [1.54, 1.807) is 6.07 Å². The zero-order valence-electron chi connectivity index (χ0n) is 13.9. The van der Waals surface area contributed by atoms with E-state index in [4.69, 9.17) is 23.1 Å². The second-order valence-corrected chi connectivity index (χ2v) is 6.57. The molecule has 25 heavy (non-hydrogen) atoms. The summed E-state index contributed by atoms with van der Waals surface area (Å²) in [5.74, 6) is 0.821. The van der Waals surface area contributed by atoms with Gasteiger partial charge in [-0.2, -0.15) is 0 Å². The topological polar surface area (TPSA) is 88.5 Å². The molecule has 6 nitrogen and oxygen atoms in total. The summed E-state index contributed by atoms with van der Waals surface area (Å²) < 4.78 is 0. The number of anilines is 2. The number of nitrogen functional groups attached to an aromatic ring is 1. The van der Waals surface area contributed by atoms with E-state index >= 15 is 0 Å². The number of amides is 1. The summed E-state index contributed by atoms with van der Waals surface area (Å²) in [4.78, 5) is 20.9. The smallest absolute Gasteiger partial charge is 0.239 e. The van der Waals surface area contributed by atoms with E-state index in [2.05, 4.69) is 9.88 Å². The Balaban J connectivity index is 1.54. The Morgan fingerprint density at radius 3 is 2.44 bits per heavy atom. The molecule has 132 valence electrons. The van der Waals surface area contributed by atoms with E-state index in [0.29, 0.717) is 43.4 Å². The van der Waals surface area contributed by atoms with Gasteiger partial charge in [-0.25, -0.2) is 4.98 Å². The van der Waals surface area contributed by atoms with Gasteiger partial charge in [-0.3, -0.25) is 4.79 Å². The van der Waals surface area contributed by atoms with Crippen molar-refractivity contribution in [3.8, 4) is 0 Å². The highest BCUT2D eigenvalue weighted by Gasteiger charge is 2.25. The predicted octanol–water partition coefficient (Wildman–Crippen LogP) is 1.54. The molecule has 1 atom stereocenters. The highest BCUT2D eigenvalue weighted by atomic mass is 35.5. The lowest BCUT2D eigenvalue weighted by atomic mass is 10.0. The van der Waals surface area contributed by atoms with E-state index in [-0.39, 0.29) is 5.91 Å². The number of rotatable bonds is 4. The molecule has 1 aromatic carbocycles. The lowest BCUT2D eigenvalue weighted by Gasteiger charge is -2.36. The first kappa shape index (κ1) is 17.5. The maximum Gasteiger partial charge on any atom is 0.239 e. The molecule has 1 saturated heterocycles. The molecular weight excluding hydrogens is 338 g/mol. The largest absolute Gasteiger partial charge is 0.399 e. The van der Waals surface area contributed by atoms with Crippen molar-refractivity contribution >= 4 is 29.0 Å². The van der Waals surface area contributed by atoms with Crippen LogP contribution in [0.5, 0.6) is 0 Å². The maximum atomic E-state index is 12.6. The van der Waals surface area contributed by atoms with Gasteiger partial charge in [0.1, 0.15) is 11.0 Å². The average molecular weight is 360 g/mol. The van der Waals surface area contributed by atoms with Gasteiger partial charge in [-0.1, -0.05) is 29.8 Å². The van der Waals surface area contributed by atoms with Crippen LogP contribution in [0, 0.1) is 0 Å². The van der Waals surface area contributed by atoms with E-state index in [9.17, 15) is 4.79 Å². The van der Waals surface area contributed by atoms with Crippen LogP contribution in [-0.4, -0.2) is 48.0 Å². The van der Waals surface area contributed by atoms with Crippen molar-refractivity contribution in [2.75, 3.05) is 36.8 Å². The van der Waals surface area contributed by atoms with E-state index < -0.39 is 6.04 Å². The molecule has 3 rings (SSSR count). The fourth-order valence-electron chi connectivity index (χ4n) is 2.96. The predicted molar refractivity (Wildman–Crippen MR) is 101 cm³/mol. The molecule has 0 aliphatic carbocycles. The molecule has 2 heterocycles. The fourth-order valence-corrected chi connectivity index (χ4v) is 3.12. The van der Waals surface area contributed by atoms with Gasteiger partial charge in [0, 0.05) is 31.9 Å². The Bertz CT molecular complexity index is 729. The fraction of sp³-hybridized carbons (Fsp3) is 0.333. The van der Waals surface area contributed by atoms with Crippen LogP contribution < -0.4 is 16.4 Å². The molecule has 7 heteroatoms. The summed E-state index contributed by atoms with van der Waals surface area (Å²) in [6.07, 6.45) is 0.509. The van der Waals surface area contributed by atoms with E-state index in [0.717, 1.165) is 11.4 Å². The third kappa shape index (κ3) is 4.41. The molecular formula is C18H22ClN5O. The molecule has 1 aromatic heterocycles. The molecule has 1 amide bonds. The molecule has 4 N–H and O–H groups in total. The second-order valence-electron chi connectivity index (χ2n) is 6.18. The van der Waals surface area contributed by atoms with Gasteiger partial charge in [0.15, 0.2) is 0 Å². The van der Waals surface area contributed by atoms with Crippen LogP contribution in [0.15, 0.2) is 42.5 Å². The number of nitrogens with zero attached hydrogens (tertiary/aromatic N) is 3. The van der Waals surface area contributed by atoms with E-state index in [1.165, 1.54) is 0 Å². The molecule has 0 spiro atoms. The van der Waals surface area contributed by atoms with Gasteiger partial charge in [0.2, 0.25) is 5.91 Å². The van der Waals surface area contributed by atoms with Crippen molar-refractivity contribution in [2.45, 2.75) is 12.5 Å². The van der Waals surface area contributed by atoms with Gasteiger partial charge in [0.25, 0.3) is 0 Å². The van der Waals surface area contributed by atoms with Crippen LogP contribution in [0.1, 0.15) is 5.56 Å². The molecule has 0 bridgehead atoms. The Hall–Kier alpha value is -2.31. The minimum absolute atomic E-state index is 0.0180. The lowest BCUT2D eigenvalue weighted by Crippen LogP contribution is -2.53. The first-order chi connectivity index (χ1) is 12.0. The minimum atomic E-state index is -0.542. The zero-order valence-corrected chi connectivity index (χ0v) is 14.7. The number of carbonyl (C=O) groups is 1. The second kappa shape index (κ2) is 7.72. The number of benzene rings is 1. The first-order valence-electron chi connectivity index (χ1n) is 8.29. The number of hydrogen-bond donors (Lipinski definition) is 2. The number of pyridine rings is 1. The third-order valence-electron chi connectivity index (χ3n) is 4.37. The molecule has 1 aliphatic rings. The normalized spacial score (nSPS) is 15.9. The summed E-state index contributed by atoms with van der Waals surface area (Å²) in [5.41, 5.74) is 13.5. The Kier molecular flexibility index (Phi) is 5.40. The Labute approximate surface area is 152 Å². The monoisotopic (exact) mass is 359 g/mol. The minimum Gasteiger partial charge on any atom is -0.399 e. The van der Waals surface area contributed by atoms with Gasteiger partial charge < -0.3 is 21.3 Å². The summed E-state index contributed by atoms with van der Waals surface area (Å²) in [6, 6.07) is 12.5. The number of hydrogen-bond acceptors (Lipinski definition) is 5. The van der Waals surface area contributed by atoms with Crippen LogP contribution in [0.3, 0.4) is 0 Å². The standard InChI is InChI=1S/C18H22ClN5O/c19-16-2-1-3-17(22-16)23-8-10-24(11-9-23)18(25)15(21)12-13-4-6-14(20)7-5-13/h1-7,15H,8-12,20-21H2. The average Bonchev–Trinajstić information content (AvgIpc) is 2.63. The van der Waals surface area contributed by atoms with Crippen molar-refractivity contribution in [2.24, 2.45) is 5.73 Å². The van der Waals surface area contributed by atoms with Gasteiger partial charge in [-0.15, -0.1) is 0 Å². The first-order valence-corrected chi connectivity index (χ1v) is 8.67. The summed E-state index contributed by atoms with van der Waals surface area (Å²) >= 11 is 5.94. The van der Waals surface area contributed by atoms with Crippen LogP contribution in [0.4, 0.5) is 11.5 Å². The van der Waals surface area contributed by atoms with Gasteiger partial charge in [-0.05, 0) is 36.2 Å². The van der Waals surface area contributed by atoms with Crippen molar-refractivity contribution in [1.82, 2.24) is 9.88 Å². The zero-order chi connectivity index (χ0) is 17.8. The number of carbonyl (C=O) groups excluding carboxylic acids is 1. The summed E-state index contributed by atoms with van der Waals surface area (Å²) in [5, 5.41) is 0.474. The quantitative estimate of drug-likeness (QED) is 0.638. The van der Waals surface area contributed by atoms with Gasteiger partial charge >= 0.3 is 0 Å². The van der Waals surface area contributed by atoms with Crippen LogP contribution >= 0.6 is 11.6 Å². The Morgan fingerprint density at radius 2 is 1.80 bits per heavy atom. The molecule has 2 aromatic rings. The van der Waals surface area contributed by atoms with Crippen LogP contribution in [-0.2, 0) is 11.2 Å². The Morgan fingerprint density at radius 1 is 1.12 bits per heavy atom. The van der Waals surface area contributed by atoms with Crippen LogP contribution in [0.25, 0.3) is 0 Å². The molecule has 1 unspecified atom stereocenters. The number of nitrogens with two attached hydrogens (primary N) is 2. The number of piperazine rings is 1. The third-order valence-corrected chi connectivity index (χ3v) is 4.58.